The fourth-order valence-corrected chi connectivity index (χ4v) is 4.83. The van der Waals surface area contributed by atoms with Crippen LogP contribution in [0.2, 0.25) is 0 Å². The average molecular weight is 373 g/mol. The number of aromatic nitrogens is 1. The number of carbonyl (C=O) groups is 2. The number of ether oxygens (including phenoxy) is 2. The summed E-state index contributed by atoms with van der Waals surface area (Å²) in [5, 5.41) is 0. The maximum Gasteiger partial charge on any atom is 0.255 e. The minimum Gasteiger partial charge on any atom is -0.381 e. The zero-order valence-electron chi connectivity index (χ0n) is 16.0. The lowest BCUT2D eigenvalue weighted by molar-refractivity contribution is -0.213. The maximum absolute atomic E-state index is 12.7. The monoisotopic (exact) mass is 373 g/mol. The lowest BCUT2D eigenvalue weighted by Crippen LogP contribution is -2.79. The average Bonchev–Trinajstić information content (AvgIpc) is 2.70. The van der Waals surface area contributed by atoms with Gasteiger partial charge < -0.3 is 19.3 Å². The van der Waals surface area contributed by atoms with Crippen LogP contribution in [-0.2, 0) is 14.3 Å². The number of amides is 2. The van der Waals surface area contributed by atoms with Gasteiger partial charge in [0.25, 0.3) is 11.8 Å². The van der Waals surface area contributed by atoms with Gasteiger partial charge in [0.15, 0.2) is 6.10 Å². The summed E-state index contributed by atoms with van der Waals surface area (Å²) in [7, 11) is 1.62. The molecule has 3 aliphatic heterocycles. The van der Waals surface area contributed by atoms with Crippen LogP contribution in [0, 0.1) is 6.92 Å². The Morgan fingerprint density at radius 1 is 1.26 bits per heavy atom. The van der Waals surface area contributed by atoms with Crippen LogP contribution in [0.3, 0.4) is 0 Å². The van der Waals surface area contributed by atoms with Crippen LogP contribution < -0.4 is 0 Å². The maximum atomic E-state index is 12.7. The van der Waals surface area contributed by atoms with Crippen LogP contribution in [0.15, 0.2) is 18.3 Å². The van der Waals surface area contributed by atoms with Gasteiger partial charge in [-0.3, -0.25) is 14.6 Å². The highest BCUT2D eigenvalue weighted by molar-refractivity contribution is 5.94. The summed E-state index contributed by atoms with van der Waals surface area (Å²) in [5.41, 5.74) is 1.30. The molecule has 1 spiro atoms. The number of methoxy groups -OCH3 is 1. The second-order valence-corrected chi connectivity index (χ2v) is 7.75. The van der Waals surface area contributed by atoms with E-state index >= 15 is 0 Å². The van der Waals surface area contributed by atoms with Crippen LogP contribution in [0.4, 0.5) is 0 Å². The van der Waals surface area contributed by atoms with Gasteiger partial charge >= 0.3 is 0 Å². The van der Waals surface area contributed by atoms with Gasteiger partial charge in [0, 0.05) is 51.3 Å². The van der Waals surface area contributed by atoms with E-state index in [0.29, 0.717) is 31.9 Å². The number of pyridine rings is 1. The number of hydrogen-bond acceptors (Lipinski definition) is 5. The van der Waals surface area contributed by atoms with Crippen molar-refractivity contribution < 1.29 is 19.1 Å². The van der Waals surface area contributed by atoms with E-state index in [2.05, 4.69) is 9.88 Å². The number of likely N-dealkylation sites (tertiary alicyclic amines) is 2. The van der Waals surface area contributed by atoms with Crippen molar-refractivity contribution >= 4 is 11.8 Å². The Morgan fingerprint density at radius 3 is 2.56 bits per heavy atom. The molecular weight excluding hydrogens is 346 g/mol. The number of piperidine rings is 1. The Balaban J connectivity index is 1.42. The lowest BCUT2D eigenvalue weighted by atomic mass is 9.72. The number of β-lactam (4-membered cyclic amide) rings is 1. The van der Waals surface area contributed by atoms with Crippen molar-refractivity contribution in [3.05, 3.63) is 29.6 Å². The Bertz CT molecular complexity index is 706. The van der Waals surface area contributed by atoms with E-state index in [1.807, 2.05) is 24.0 Å². The summed E-state index contributed by atoms with van der Waals surface area (Å²) in [6.07, 6.45) is 4.55. The number of nitrogens with zero attached hydrogens (tertiary/aromatic N) is 3. The summed E-state index contributed by atoms with van der Waals surface area (Å²) in [6.45, 7) is 4.56. The van der Waals surface area contributed by atoms with Crippen molar-refractivity contribution in [2.24, 2.45) is 0 Å². The molecule has 3 fully saturated rings. The Hall–Kier alpha value is -1.99. The van der Waals surface area contributed by atoms with Gasteiger partial charge in [0.05, 0.1) is 11.1 Å². The topological polar surface area (TPSA) is 72.0 Å². The molecule has 27 heavy (non-hydrogen) atoms. The lowest BCUT2D eigenvalue weighted by Gasteiger charge is -2.61. The fraction of sp³-hybridized carbons (Fsp3) is 0.650. The molecule has 1 aromatic rings. The third-order valence-electron chi connectivity index (χ3n) is 6.30. The first-order valence-corrected chi connectivity index (χ1v) is 9.72. The Labute approximate surface area is 159 Å². The molecule has 1 aromatic heterocycles. The molecule has 7 nitrogen and oxygen atoms in total. The highest BCUT2D eigenvalue weighted by atomic mass is 16.5. The van der Waals surface area contributed by atoms with Crippen molar-refractivity contribution in [2.45, 2.75) is 50.3 Å². The minimum absolute atomic E-state index is 0.0198. The van der Waals surface area contributed by atoms with E-state index in [9.17, 15) is 9.59 Å². The van der Waals surface area contributed by atoms with Gasteiger partial charge in [-0.05, 0) is 44.7 Å². The van der Waals surface area contributed by atoms with Crippen molar-refractivity contribution in [1.29, 1.82) is 0 Å². The van der Waals surface area contributed by atoms with E-state index in [-0.39, 0.29) is 29.5 Å². The first-order chi connectivity index (χ1) is 13.1. The molecule has 3 saturated heterocycles. The molecule has 0 saturated carbocycles. The molecule has 2 amide bonds. The van der Waals surface area contributed by atoms with Crippen molar-refractivity contribution in [3.8, 4) is 0 Å². The summed E-state index contributed by atoms with van der Waals surface area (Å²) < 4.78 is 11.0. The largest absolute Gasteiger partial charge is 0.381 e. The van der Waals surface area contributed by atoms with Crippen molar-refractivity contribution in [3.63, 3.8) is 0 Å². The van der Waals surface area contributed by atoms with Crippen LogP contribution in [-0.4, -0.2) is 77.7 Å². The highest BCUT2D eigenvalue weighted by Gasteiger charge is 2.62. The second kappa shape index (κ2) is 7.20. The third kappa shape index (κ3) is 3.02. The van der Waals surface area contributed by atoms with Gasteiger partial charge in [-0.1, -0.05) is 0 Å². The molecular formula is C20H27N3O4. The quantitative estimate of drug-likeness (QED) is 0.749. The predicted octanol–water partition coefficient (Wildman–Crippen LogP) is 1.40. The van der Waals surface area contributed by atoms with Crippen LogP contribution in [0.5, 0.6) is 0 Å². The molecule has 1 unspecified atom stereocenters. The molecule has 7 heteroatoms. The zero-order valence-corrected chi connectivity index (χ0v) is 16.0. The van der Waals surface area contributed by atoms with E-state index < -0.39 is 0 Å². The number of hydrogen-bond donors (Lipinski definition) is 0. The normalized spacial score (nSPS) is 25.6. The smallest absolute Gasteiger partial charge is 0.255 e. The first-order valence-electron chi connectivity index (χ1n) is 9.72. The van der Waals surface area contributed by atoms with Crippen LogP contribution in [0.25, 0.3) is 0 Å². The highest BCUT2D eigenvalue weighted by Crippen LogP contribution is 2.45. The van der Waals surface area contributed by atoms with Crippen molar-refractivity contribution in [1.82, 2.24) is 14.8 Å². The molecule has 1 atom stereocenters. The summed E-state index contributed by atoms with van der Waals surface area (Å²) in [5.74, 6) is 0.110. The van der Waals surface area contributed by atoms with Gasteiger partial charge in [-0.15, -0.1) is 0 Å². The zero-order chi connectivity index (χ0) is 19.0. The molecule has 146 valence electrons. The van der Waals surface area contributed by atoms with Gasteiger partial charge in [-0.2, -0.15) is 0 Å². The second-order valence-electron chi connectivity index (χ2n) is 7.75. The molecule has 0 radical (unpaired) electrons. The van der Waals surface area contributed by atoms with Gasteiger partial charge in [0.2, 0.25) is 0 Å². The fourth-order valence-electron chi connectivity index (χ4n) is 4.83. The molecule has 0 bridgehead atoms. The van der Waals surface area contributed by atoms with E-state index in [1.165, 1.54) is 0 Å². The number of aryl methyl sites for hydroxylation is 1. The van der Waals surface area contributed by atoms with Gasteiger partial charge in [0.1, 0.15) is 0 Å². The standard InChI is InChI=1S/C20H27N3O4/c1-14-3-4-15(13-21-14)18(24)22-9-5-16(6-10-22)23-19(25)17(26-2)20(23)7-11-27-12-8-20/h3-4,13,16-17H,5-12H2,1-2H3. The van der Waals surface area contributed by atoms with Crippen LogP contribution in [0.1, 0.15) is 41.7 Å². The molecule has 0 N–H and O–H groups in total. The first kappa shape index (κ1) is 18.4. The molecule has 0 aliphatic carbocycles. The molecule has 4 heterocycles. The summed E-state index contributed by atoms with van der Waals surface area (Å²) >= 11 is 0. The third-order valence-corrected chi connectivity index (χ3v) is 6.30. The molecule has 3 aliphatic rings. The SMILES string of the molecule is COC1C(=O)N(C2CCN(C(=O)c3ccc(C)nc3)CC2)C12CCOCC2. The molecule has 4 rings (SSSR count). The number of rotatable bonds is 3. The molecule has 0 aromatic carbocycles. The Kier molecular flexibility index (Phi) is 4.90. The summed E-state index contributed by atoms with van der Waals surface area (Å²) in [4.78, 5) is 33.5. The van der Waals surface area contributed by atoms with E-state index in [1.54, 1.807) is 13.3 Å². The van der Waals surface area contributed by atoms with E-state index in [0.717, 1.165) is 31.4 Å². The summed E-state index contributed by atoms with van der Waals surface area (Å²) in [6, 6.07) is 3.86. The van der Waals surface area contributed by atoms with Gasteiger partial charge in [-0.25, -0.2) is 0 Å². The predicted molar refractivity (Wildman–Crippen MR) is 98.3 cm³/mol. The van der Waals surface area contributed by atoms with Crippen molar-refractivity contribution in [2.75, 3.05) is 33.4 Å². The van der Waals surface area contributed by atoms with Crippen LogP contribution >= 0.6 is 0 Å². The number of carbonyl (C=O) groups excluding carboxylic acids is 2. The van der Waals surface area contributed by atoms with E-state index in [4.69, 9.17) is 9.47 Å². The Morgan fingerprint density at radius 2 is 1.96 bits per heavy atom. The minimum atomic E-state index is -0.348.